The van der Waals surface area contributed by atoms with Gasteiger partial charge >= 0.3 is 5.97 Å². The average molecular weight is 957 g/mol. The number of allylic oxidation sites excluding steroid dienone is 5. The van der Waals surface area contributed by atoms with E-state index in [1.165, 1.54) is 225 Å². The second-order valence-electron chi connectivity index (χ2n) is 20.7. The lowest BCUT2D eigenvalue weighted by Gasteiger charge is -2.20. The first-order valence-corrected chi connectivity index (χ1v) is 30.3. The van der Waals surface area contributed by atoms with Crippen molar-refractivity contribution < 1.29 is 24.5 Å². The summed E-state index contributed by atoms with van der Waals surface area (Å²) < 4.78 is 5.46. The first-order valence-electron chi connectivity index (χ1n) is 30.3. The second-order valence-corrected chi connectivity index (χ2v) is 20.7. The molecule has 0 saturated carbocycles. The zero-order valence-electron chi connectivity index (χ0n) is 45.6. The Morgan fingerprint density at radius 1 is 0.412 bits per heavy atom. The highest BCUT2D eigenvalue weighted by Gasteiger charge is 2.18. The van der Waals surface area contributed by atoms with E-state index < -0.39 is 12.1 Å². The number of hydrogen-bond donors (Lipinski definition) is 3. The SMILES string of the molecule is CCC/C=C\C/C=C\CCCCCCCC(=O)OCCCCCCCCCCCCCCCCC(=O)NC(CO)C(O)/C=C/CCCCCCCCCCCCCCCCCCCCCCCC. The third-order valence-electron chi connectivity index (χ3n) is 13.9. The maximum Gasteiger partial charge on any atom is 0.305 e. The van der Waals surface area contributed by atoms with E-state index >= 15 is 0 Å². The number of amides is 1. The number of aliphatic hydroxyl groups is 2. The summed E-state index contributed by atoms with van der Waals surface area (Å²) >= 11 is 0. The molecule has 400 valence electrons. The smallest absolute Gasteiger partial charge is 0.305 e. The van der Waals surface area contributed by atoms with E-state index in [0.717, 1.165) is 70.6 Å². The lowest BCUT2D eigenvalue weighted by Crippen LogP contribution is -2.45. The van der Waals surface area contributed by atoms with Crippen molar-refractivity contribution in [3.63, 3.8) is 0 Å². The summed E-state index contributed by atoms with van der Waals surface area (Å²) in [6.07, 6.45) is 71.7. The molecule has 0 aliphatic rings. The molecular weight excluding hydrogens is 839 g/mol. The van der Waals surface area contributed by atoms with Crippen LogP contribution < -0.4 is 5.32 Å². The van der Waals surface area contributed by atoms with E-state index in [1.54, 1.807) is 6.08 Å². The van der Waals surface area contributed by atoms with Gasteiger partial charge < -0.3 is 20.3 Å². The molecule has 0 aromatic heterocycles. The third-order valence-corrected chi connectivity index (χ3v) is 13.9. The standard InChI is InChI=1S/C62H117NO5/c1-3-5-7-9-11-13-15-17-18-19-20-21-22-23-24-25-26-27-31-34-38-42-46-50-54-60(65)59(58-64)63-61(66)55-51-47-43-39-35-32-28-29-33-37-41-45-49-53-57-68-62(67)56-52-48-44-40-36-30-16-14-12-10-8-6-4-2/h8,10,14,16,50,54,59-60,64-65H,3-7,9,11-13,15,17-49,51-53,55-58H2,1-2H3,(H,63,66)/b10-8-,16-14-,54-50+. The summed E-state index contributed by atoms with van der Waals surface area (Å²) in [6, 6.07) is -0.638. The fourth-order valence-electron chi connectivity index (χ4n) is 9.26. The minimum atomic E-state index is -0.854. The van der Waals surface area contributed by atoms with Crippen LogP contribution in [-0.2, 0) is 14.3 Å². The zero-order valence-corrected chi connectivity index (χ0v) is 45.6. The van der Waals surface area contributed by atoms with Gasteiger partial charge in [-0.25, -0.2) is 0 Å². The van der Waals surface area contributed by atoms with Crippen LogP contribution in [-0.4, -0.2) is 47.4 Å². The van der Waals surface area contributed by atoms with Crippen LogP contribution in [0.25, 0.3) is 0 Å². The van der Waals surface area contributed by atoms with Crippen molar-refractivity contribution in [3.8, 4) is 0 Å². The van der Waals surface area contributed by atoms with Gasteiger partial charge in [0.15, 0.2) is 0 Å². The van der Waals surface area contributed by atoms with Crippen LogP contribution in [0.4, 0.5) is 0 Å². The molecule has 0 aliphatic carbocycles. The molecule has 6 heteroatoms. The Hall–Kier alpha value is -1.92. The van der Waals surface area contributed by atoms with Gasteiger partial charge in [-0.2, -0.15) is 0 Å². The third kappa shape index (κ3) is 53.4. The van der Waals surface area contributed by atoms with Crippen LogP contribution in [0.5, 0.6) is 0 Å². The molecule has 0 rings (SSSR count). The Bertz CT molecular complexity index is 1100. The zero-order chi connectivity index (χ0) is 49.3. The van der Waals surface area contributed by atoms with E-state index in [-0.39, 0.29) is 18.5 Å². The number of hydrogen-bond acceptors (Lipinski definition) is 5. The van der Waals surface area contributed by atoms with E-state index in [0.29, 0.717) is 19.4 Å². The minimum absolute atomic E-state index is 0.0184. The molecule has 0 spiro atoms. The molecule has 6 nitrogen and oxygen atoms in total. The van der Waals surface area contributed by atoms with Gasteiger partial charge in [0.2, 0.25) is 5.91 Å². The highest BCUT2D eigenvalue weighted by Crippen LogP contribution is 2.17. The Kier molecular flexibility index (Phi) is 56.0. The summed E-state index contributed by atoms with van der Waals surface area (Å²) in [5.41, 5.74) is 0. The van der Waals surface area contributed by atoms with Crippen molar-refractivity contribution in [3.05, 3.63) is 36.5 Å². The van der Waals surface area contributed by atoms with Crippen molar-refractivity contribution in [2.45, 2.75) is 334 Å². The Labute approximate surface area is 424 Å². The Morgan fingerprint density at radius 2 is 0.765 bits per heavy atom. The molecule has 1 amide bonds. The van der Waals surface area contributed by atoms with Gasteiger partial charge in [0, 0.05) is 12.8 Å². The van der Waals surface area contributed by atoms with E-state index in [1.807, 2.05) is 6.08 Å². The minimum Gasteiger partial charge on any atom is -0.466 e. The predicted octanol–water partition coefficient (Wildman–Crippen LogP) is 18.8. The van der Waals surface area contributed by atoms with E-state index in [2.05, 4.69) is 43.5 Å². The fraction of sp³-hybridized carbons (Fsp3) is 0.871. The van der Waals surface area contributed by atoms with Crippen LogP contribution in [0.3, 0.4) is 0 Å². The normalized spacial score (nSPS) is 12.8. The summed E-state index contributed by atoms with van der Waals surface area (Å²) in [5.74, 6) is -0.0950. The van der Waals surface area contributed by atoms with Gasteiger partial charge in [-0.05, 0) is 57.8 Å². The van der Waals surface area contributed by atoms with Crippen LogP contribution in [0, 0.1) is 0 Å². The van der Waals surface area contributed by atoms with Crippen molar-refractivity contribution in [2.75, 3.05) is 13.2 Å². The summed E-state index contributed by atoms with van der Waals surface area (Å²) in [6.45, 7) is 4.83. The number of aliphatic hydroxyl groups excluding tert-OH is 2. The largest absolute Gasteiger partial charge is 0.466 e. The maximum atomic E-state index is 12.5. The molecule has 0 radical (unpaired) electrons. The number of carbonyl (C=O) groups is 2. The molecule has 0 aromatic carbocycles. The number of nitrogens with one attached hydrogen (secondary N) is 1. The van der Waals surface area contributed by atoms with Crippen LogP contribution >= 0.6 is 0 Å². The molecule has 0 aliphatic heterocycles. The Morgan fingerprint density at radius 3 is 1.18 bits per heavy atom. The topological polar surface area (TPSA) is 95.9 Å². The average Bonchev–Trinajstić information content (AvgIpc) is 3.34. The van der Waals surface area contributed by atoms with Gasteiger partial charge in [-0.3, -0.25) is 9.59 Å². The number of carbonyl (C=O) groups excluding carboxylic acids is 2. The van der Waals surface area contributed by atoms with Gasteiger partial charge in [0.25, 0.3) is 0 Å². The van der Waals surface area contributed by atoms with Gasteiger partial charge in [-0.15, -0.1) is 0 Å². The highest BCUT2D eigenvalue weighted by atomic mass is 16.5. The van der Waals surface area contributed by atoms with Crippen LogP contribution in [0.2, 0.25) is 0 Å². The molecule has 2 unspecified atom stereocenters. The number of ether oxygens (including phenoxy) is 1. The highest BCUT2D eigenvalue weighted by molar-refractivity contribution is 5.76. The summed E-state index contributed by atoms with van der Waals surface area (Å²) in [7, 11) is 0. The molecular formula is C62H117NO5. The molecule has 0 saturated heterocycles. The molecule has 2 atom stereocenters. The Balaban J connectivity index is 3.48. The monoisotopic (exact) mass is 956 g/mol. The van der Waals surface area contributed by atoms with E-state index in [4.69, 9.17) is 4.74 Å². The first-order chi connectivity index (χ1) is 33.5. The summed E-state index contributed by atoms with van der Waals surface area (Å²) in [4.78, 5) is 24.5. The lowest BCUT2D eigenvalue weighted by atomic mass is 10.0. The first kappa shape index (κ1) is 66.1. The molecule has 68 heavy (non-hydrogen) atoms. The summed E-state index contributed by atoms with van der Waals surface area (Å²) in [5, 5.41) is 23.2. The van der Waals surface area contributed by atoms with Crippen molar-refractivity contribution in [2.24, 2.45) is 0 Å². The number of esters is 1. The van der Waals surface area contributed by atoms with E-state index in [9.17, 15) is 19.8 Å². The van der Waals surface area contributed by atoms with Gasteiger partial charge in [0.1, 0.15) is 0 Å². The van der Waals surface area contributed by atoms with Crippen LogP contribution in [0.15, 0.2) is 36.5 Å². The maximum absolute atomic E-state index is 12.5. The molecule has 0 aromatic rings. The molecule has 0 bridgehead atoms. The van der Waals surface area contributed by atoms with Crippen molar-refractivity contribution in [1.29, 1.82) is 0 Å². The van der Waals surface area contributed by atoms with Crippen molar-refractivity contribution in [1.82, 2.24) is 5.32 Å². The van der Waals surface area contributed by atoms with Gasteiger partial charge in [0.05, 0.1) is 25.4 Å². The molecule has 0 fully saturated rings. The fourth-order valence-corrected chi connectivity index (χ4v) is 9.26. The molecule has 3 N–H and O–H groups in total. The number of rotatable bonds is 56. The lowest BCUT2D eigenvalue weighted by molar-refractivity contribution is -0.143. The molecule has 0 heterocycles. The second kappa shape index (κ2) is 57.7. The van der Waals surface area contributed by atoms with Crippen molar-refractivity contribution >= 4 is 11.9 Å². The van der Waals surface area contributed by atoms with Gasteiger partial charge in [-0.1, -0.05) is 288 Å². The predicted molar refractivity (Wildman–Crippen MR) is 296 cm³/mol. The van der Waals surface area contributed by atoms with Crippen LogP contribution in [0.1, 0.15) is 322 Å². The number of unbranched alkanes of at least 4 members (excludes halogenated alkanes) is 41. The quantitative estimate of drug-likeness (QED) is 0.0321.